The van der Waals surface area contributed by atoms with E-state index < -0.39 is 0 Å². The molecular weight excluding hydrogens is 130 g/mol. The molecule has 0 amide bonds. The molecular formula is C7H13NO2. The Hall–Kier alpha value is -0.700. The number of nitrogens with zero attached hydrogens (tertiary/aromatic N) is 1. The largest absolute Gasteiger partial charge is 0.376 e. The number of hydrogen-bond donors (Lipinski definition) is 0. The summed E-state index contributed by atoms with van der Waals surface area (Å²) in [5.41, 5.74) is 0. The van der Waals surface area contributed by atoms with E-state index in [4.69, 9.17) is 4.74 Å². The van der Waals surface area contributed by atoms with E-state index >= 15 is 0 Å². The summed E-state index contributed by atoms with van der Waals surface area (Å²) in [7, 11) is 0. The van der Waals surface area contributed by atoms with Crippen molar-refractivity contribution in [3.63, 3.8) is 0 Å². The highest BCUT2D eigenvalue weighted by Crippen LogP contribution is 1.96. The molecule has 0 saturated carbocycles. The monoisotopic (exact) mass is 143 g/mol. The molecule has 0 aliphatic heterocycles. The molecule has 0 aliphatic carbocycles. The number of ether oxygens (including phenoxy) is 1. The van der Waals surface area contributed by atoms with Gasteiger partial charge in [-0.15, -0.1) is 6.58 Å². The Labute approximate surface area is 61.0 Å². The van der Waals surface area contributed by atoms with Crippen molar-refractivity contribution in [1.82, 2.24) is 0 Å². The maximum Gasteiger partial charge on any atom is 0.104 e. The van der Waals surface area contributed by atoms with Crippen molar-refractivity contribution in [3.05, 3.63) is 17.6 Å². The van der Waals surface area contributed by atoms with Crippen molar-refractivity contribution in [3.8, 4) is 0 Å². The van der Waals surface area contributed by atoms with Gasteiger partial charge in [-0.2, -0.15) is 4.91 Å². The minimum absolute atomic E-state index is 0.152. The lowest BCUT2D eigenvalue weighted by Crippen LogP contribution is -2.09. The van der Waals surface area contributed by atoms with Crippen LogP contribution in [-0.2, 0) is 4.74 Å². The van der Waals surface area contributed by atoms with E-state index in [-0.39, 0.29) is 12.6 Å². The second kappa shape index (κ2) is 6.42. The average Bonchev–Trinajstić information content (AvgIpc) is 1.89. The van der Waals surface area contributed by atoms with Crippen LogP contribution in [0.1, 0.15) is 13.3 Å². The Morgan fingerprint density at radius 3 is 3.00 bits per heavy atom. The summed E-state index contributed by atoms with van der Waals surface area (Å²) in [6.07, 6.45) is 2.76. The van der Waals surface area contributed by atoms with Crippen molar-refractivity contribution in [2.75, 3.05) is 13.2 Å². The molecule has 3 heteroatoms. The normalized spacial score (nSPS) is 12.5. The number of rotatable bonds is 6. The summed E-state index contributed by atoms with van der Waals surface area (Å²) in [5.74, 6) is 0. The SMILES string of the molecule is C=CC[C@H](C)OCCN=O. The molecule has 0 spiro atoms. The van der Waals surface area contributed by atoms with Gasteiger partial charge in [0.2, 0.25) is 0 Å². The molecule has 10 heavy (non-hydrogen) atoms. The fourth-order valence-corrected chi connectivity index (χ4v) is 0.594. The summed E-state index contributed by atoms with van der Waals surface area (Å²) < 4.78 is 5.16. The van der Waals surface area contributed by atoms with Crippen LogP contribution >= 0.6 is 0 Å². The molecule has 1 atom stereocenters. The second-order valence-electron chi connectivity index (χ2n) is 2.06. The maximum absolute atomic E-state index is 9.59. The van der Waals surface area contributed by atoms with Gasteiger partial charge in [0.25, 0.3) is 0 Å². The molecule has 0 saturated heterocycles. The van der Waals surface area contributed by atoms with Gasteiger partial charge in [-0.3, -0.25) is 0 Å². The first-order chi connectivity index (χ1) is 4.81. The van der Waals surface area contributed by atoms with Gasteiger partial charge in [0, 0.05) is 0 Å². The fourth-order valence-electron chi connectivity index (χ4n) is 0.594. The third-order valence-electron chi connectivity index (χ3n) is 1.08. The van der Waals surface area contributed by atoms with E-state index in [0.717, 1.165) is 6.42 Å². The van der Waals surface area contributed by atoms with Crippen molar-refractivity contribution < 1.29 is 4.74 Å². The highest BCUT2D eigenvalue weighted by atomic mass is 16.5. The van der Waals surface area contributed by atoms with E-state index in [0.29, 0.717) is 6.61 Å². The lowest BCUT2D eigenvalue weighted by atomic mass is 10.3. The topological polar surface area (TPSA) is 38.7 Å². The first kappa shape index (κ1) is 9.30. The first-order valence-electron chi connectivity index (χ1n) is 3.33. The predicted octanol–water partition coefficient (Wildman–Crippen LogP) is 1.73. The second-order valence-corrected chi connectivity index (χ2v) is 2.06. The molecule has 0 unspecified atom stereocenters. The third-order valence-corrected chi connectivity index (χ3v) is 1.08. The average molecular weight is 143 g/mol. The smallest absolute Gasteiger partial charge is 0.104 e. The molecule has 0 heterocycles. The Bertz CT molecular complexity index is 104. The molecule has 58 valence electrons. The molecule has 0 bridgehead atoms. The molecule has 0 N–H and O–H groups in total. The van der Waals surface area contributed by atoms with Crippen LogP contribution in [0.5, 0.6) is 0 Å². The highest BCUT2D eigenvalue weighted by Gasteiger charge is 1.96. The van der Waals surface area contributed by atoms with Crippen molar-refractivity contribution >= 4 is 0 Å². The summed E-state index contributed by atoms with van der Waals surface area (Å²) >= 11 is 0. The van der Waals surface area contributed by atoms with E-state index in [1.165, 1.54) is 0 Å². The van der Waals surface area contributed by atoms with Gasteiger partial charge >= 0.3 is 0 Å². The van der Waals surface area contributed by atoms with Crippen LogP contribution < -0.4 is 0 Å². The summed E-state index contributed by atoms with van der Waals surface area (Å²) in [5, 5.41) is 2.67. The molecule has 0 aromatic heterocycles. The van der Waals surface area contributed by atoms with Gasteiger partial charge in [0.15, 0.2) is 0 Å². The van der Waals surface area contributed by atoms with E-state index in [2.05, 4.69) is 11.8 Å². The van der Waals surface area contributed by atoms with Gasteiger partial charge in [0.05, 0.1) is 12.7 Å². The Balaban J connectivity index is 3.11. The molecule has 0 aromatic carbocycles. The summed E-state index contributed by atoms with van der Waals surface area (Å²) in [6.45, 7) is 6.15. The minimum atomic E-state index is 0.152. The van der Waals surface area contributed by atoms with Gasteiger partial charge < -0.3 is 4.74 Å². The van der Waals surface area contributed by atoms with Crippen LogP contribution in [0.2, 0.25) is 0 Å². The van der Waals surface area contributed by atoms with Crippen molar-refractivity contribution in [2.24, 2.45) is 5.18 Å². The standard InChI is InChI=1S/C7H13NO2/c1-3-4-7(2)10-6-5-8-9/h3,7H,1,4-6H2,2H3/t7-/m0/s1. The predicted molar refractivity (Wildman–Crippen MR) is 40.9 cm³/mol. The zero-order valence-electron chi connectivity index (χ0n) is 6.25. The number of hydrogen-bond acceptors (Lipinski definition) is 3. The molecule has 3 nitrogen and oxygen atoms in total. The molecule has 0 fully saturated rings. The zero-order chi connectivity index (χ0) is 7.82. The number of nitroso groups, excluding NO2 is 1. The Morgan fingerprint density at radius 2 is 2.50 bits per heavy atom. The lowest BCUT2D eigenvalue weighted by molar-refractivity contribution is 0.0743. The van der Waals surface area contributed by atoms with Crippen LogP contribution in [0.15, 0.2) is 17.8 Å². The lowest BCUT2D eigenvalue weighted by Gasteiger charge is -2.07. The first-order valence-corrected chi connectivity index (χ1v) is 3.33. The van der Waals surface area contributed by atoms with Crippen LogP contribution in [0, 0.1) is 4.91 Å². The molecule has 0 rings (SSSR count). The summed E-state index contributed by atoms with van der Waals surface area (Å²) in [4.78, 5) is 9.59. The Morgan fingerprint density at radius 1 is 1.80 bits per heavy atom. The maximum atomic E-state index is 9.59. The van der Waals surface area contributed by atoms with Gasteiger partial charge in [-0.05, 0) is 13.3 Å². The van der Waals surface area contributed by atoms with Gasteiger partial charge in [0.1, 0.15) is 6.54 Å². The molecule has 0 aliphatic rings. The van der Waals surface area contributed by atoms with Crippen LogP contribution in [0.3, 0.4) is 0 Å². The van der Waals surface area contributed by atoms with E-state index in [1.807, 2.05) is 6.92 Å². The summed E-state index contributed by atoms with van der Waals surface area (Å²) in [6, 6.07) is 0. The fraction of sp³-hybridized carbons (Fsp3) is 0.714. The quantitative estimate of drug-likeness (QED) is 0.322. The van der Waals surface area contributed by atoms with E-state index in [1.54, 1.807) is 6.08 Å². The third kappa shape index (κ3) is 5.44. The zero-order valence-corrected chi connectivity index (χ0v) is 6.25. The van der Waals surface area contributed by atoms with Crippen molar-refractivity contribution in [2.45, 2.75) is 19.4 Å². The van der Waals surface area contributed by atoms with Gasteiger partial charge in [-0.1, -0.05) is 11.3 Å². The van der Waals surface area contributed by atoms with Crippen molar-refractivity contribution in [1.29, 1.82) is 0 Å². The molecule has 0 radical (unpaired) electrons. The minimum Gasteiger partial charge on any atom is -0.376 e. The van der Waals surface area contributed by atoms with Crippen LogP contribution in [0.4, 0.5) is 0 Å². The van der Waals surface area contributed by atoms with Gasteiger partial charge in [-0.25, -0.2) is 0 Å². The van der Waals surface area contributed by atoms with Crippen LogP contribution in [-0.4, -0.2) is 19.3 Å². The molecule has 0 aromatic rings. The Kier molecular flexibility index (Phi) is 5.97. The highest BCUT2D eigenvalue weighted by molar-refractivity contribution is 4.70. The van der Waals surface area contributed by atoms with Crippen LogP contribution in [0.25, 0.3) is 0 Å². The van der Waals surface area contributed by atoms with E-state index in [9.17, 15) is 4.91 Å².